The maximum absolute atomic E-state index is 13.0. The second kappa shape index (κ2) is 6.99. The number of amides is 1. The van der Waals surface area contributed by atoms with Crippen molar-refractivity contribution in [2.24, 2.45) is 0 Å². The third-order valence-corrected chi connectivity index (χ3v) is 4.27. The van der Waals surface area contributed by atoms with Gasteiger partial charge in [0.2, 0.25) is 0 Å². The SMILES string of the molecule is CCCN(C)C(=O)n1c(=O)n(Cc2ccc(C)cc2)c2ncnc(N)c21. The molecule has 1 amide bonds. The van der Waals surface area contributed by atoms with Crippen LogP contribution in [0.25, 0.3) is 11.2 Å². The van der Waals surface area contributed by atoms with Crippen LogP contribution in [-0.2, 0) is 6.54 Å². The molecule has 8 nitrogen and oxygen atoms in total. The highest BCUT2D eigenvalue weighted by atomic mass is 16.2. The lowest BCUT2D eigenvalue weighted by atomic mass is 10.1. The van der Waals surface area contributed by atoms with Crippen molar-refractivity contribution < 1.29 is 4.79 Å². The summed E-state index contributed by atoms with van der Waals surface area (Å²) in [5, 5.41) is 0. The van der Waals surface area contributed by atoms with Crippen LogP contribution in [0.5, 0.6) is 0 Å². The fraction of sp³-hybridized carbons (Fsp3) is 0.333. The molecule has 0 aliphatic heterocycles. The van der Waals surface area contributed by atoms with Crippen LogP contribution in [0.15, 0.2) is 35.4 Å². The summed E-state index contributed by atoms with van der Waals surface area (Å²) in [6, 6.07) is 7.40. The summed E-state index contributed by atoms with van der Waals surface area (Å²) in [5.41, 5.74) is 8.16. The fourth-order valence-electron chi connectivity index (χ4n) is 2.90. The van der Waals surface area contributed by atoms with Gasteiger partial charge in [0.1, 0.15) is 11.8 Å². The van der Waals surface area contributed by atoms with Crippen molar-refractivity contribution in [3.63, 3.8) is 0 Å². The number of aryl methyl sites for hydroxylation is 1. The Morgan fingerprint density at radius 3 is 2.58 bits per heavy atom. The topological polar surface area (TPSA) is 99.0 Å². The maximum atomic E-state index is 13.0. The zero-order chi connectivity index (χ0) is 18.8. The summed E-state index contributed by atoms with van der Waals surface area (Å²) in [6.45, 7) is 4.79. The lowest BCUT2D eigenvalue weighted by Crippen LogP contribution is -2.38. The van der Waals surface area contributed by atoms with Gasteiger partial charge in [-0.25, -0.2) is 24.1 Å². The third-order valence-electron chi connectivity index (χ3n) is 4.27. The minimum absolute atomic E-state index is 0.105. The minimum atomic E-state index is -0.472. The molecule has 8 heteroatoms. The number of nitrogens with zero attached hydrogens (tertiary/aromatic N) is 5. The molecule has 26 heavy (non-hydrogen) atoms. The van der Waals surface area contributed by atoms with Crippen LogP contribution in [0, 0.1) is 6.92 Å². The number of benzene rings is 1. The van der Waals surface area contributed by atoms with Gasteiger partial charge in [0.15, 0.2) is 11.5 Å². The van der Waals surface area contributed by atoms with Gasteiger partial charge in [-0.3, -0.25) is 4.57 Å². The van der Waals surface area contributed by atoms with E-state index in [-0.39, 0.29) is 11.3 Å². The molecule has 2 heterocycles. The molecule has 0 saturated carbocycles. The van der Waals surface area contributed by atoms with Crippen molar-refractivity contribution in [3.8, 4) is 0 Å². The Balaban J connectivity index is 2.17. The quantitative estimate of drug-likeness (QED) is 0.771. The molecule has 0 radical (unpaired) electrons. The number of nitrogen functional groups attached to an aromatic ring is 1. The first-order valence-electron chi connectivity index (χ1n) is 8.46. The molecule has 136 valence electrons. The molecule has 0 fully saturated rings. The smallest absolute Gasteiger partial charge is 0.339 e. The second-order valence-electron chi connectivity index (χ2n) is 6.32. The van der Waals surface area contributed by atoms with Gasteiger partial charge in [-0.05, 0) is 18.9 Å². The molecule has 3 aromatic rings. The molecular formula is C18H22N6O2. The predicted octanol–water partition coefficient (Wildman–Crippen LogP) is 1.84. The summed E-state index contributed by atoms with van der Waals surface area (Å²) < 4.78 is 2.52. The van der Waals surface area contributed by atoms with Gasteiger partial charge >= 0.3 is 11.7 Å². The maximum Gasteiger partial charge on any atom is 0.339 e. The van der Waals surface area contributed by atoms with E-state index in [9.17, 15) is 9.59 Å². The molecular weight excluding hydrogens is 332 g/mol. The number of aromatic nitrogens is 4. The molecule has 0 bridgehead atoms. The van der Waals surface area contributed by atoms with Gasteiger partial charge in [-0.1, -0.05) is 36.8 Å². The Bertz CT molecular complexity index is 1000. The molecule has 0 aliphatic rings. The number of carbonyl (C=O) groups excluding carboxylic acids is 1. The largest absolute Gasteiger partial charge is 0.382 e. The summed E-state index contributed by atoms with van der Waals surface area (Å²) >= 11 is 0. The number of hydrogen-bond acceptors (Lipinski definition) is 5. The molecule has 0 saturated heterocycles. The third kappa shape index (κ3) is 3.05. The molecule has 1 aromatic carbocycles. The van der Waals surface area contributed by atoms with Crippen LogP contribution in [0.3, 0.4) is 0 Å². The molecule has 3 rings (SSSR count). The Kier molecular flexibility index (Phi) is 4.75. The van der Waals surface area contributed by atoms with E-state index in [1.807, 2.05) is 38.1 Å². The standard InChI is InChI=1S/C18H22N6O2/c1-4-9-22(3)17(25)24-14-15(19)20-11-21-16(14)23(18(24)26)10-13-7-5-12(2)6-8-13/h5-8,11H,4,9-10H2,1-3H3,(H2,19,20,21). The van der Waals surface area contributed by atoms with E-state index in [1.54, 1.807) is 7.05 Å². The first-order chi connectivity index (χ1) is 12.4. The number of nitrogens with two attached hydrogens (primary N) is 1. The molecule has 0 aliphatic carbocycles. The summed E-state index contributed by atoms with van der Waals surface area (Å²) in [4.78, 5) is 35.5. The number of fused-ring (bicyclic) bond motifs is 1. The normalized spacial score (nSPS) is 11.0. The number of anilines is 1. The van der Waals surface area contributed by atoms with Gasteiger partial charge in [-0.15, -0.1) is 0 Å². The van der Waals surface area contributed by atoms with Crippen LogP contribution < -0.4 is 11.4 Å². The predicted molar refractivity (Wildman–Crippen MR) is 100 cm³/mol. The number of carbonyl (C=O) groups is 1. The zero-order valence-electron chi connectivity index (χ0n) is 15.1. The van der Waals surface area contributed by atoms with Crippen LogP contribution in [-0.4, -0.2) is 43.6 Å². The molecule has 0 atom stereocenters. The first-order valence-corrected chi connectivity index (χ1v) is 8.46. The lowest BCUT2D eigenvalue weighted by molar-refractivity contribution is 0.210. The van der Waals surface area contributed by atoms with Crippen molar-refractivity contribution in [2.45, 2.75) is 26.8 Å². The first kappa shape index (κ1) is 17.7. The Labute approximate surface area is 150 Å². The molecule has 2 N–H and O–H groups in total. The Morgan fingerprint density at radius 1 is 1.23 bits per heavy atom. The van der Waals surface area contributed by atoms with Gasteiger partial charge < -0.3 is 10.6 Å². The highest BCUT2D eigenvalue weighted by Crippen LogP contribution is 2.17. The summed E-state index contributed by atoms with van der Waals surface area (Å²) in [6.07, 6.45) is 2.08. The average Bonchev–Trinajstić information content (AvgIpc) is 2.90. The highest BCUT2D eigenvalue weighted by molar-refractivity contribution is 5.92. The second-order valence-corrected chi connectivity index (χ2v) is 6.32. The van der Waals surface area contributed by atoms with Gasteiger partial charge in [0.05, 0.1) is 6.54 Å². The van der Waals surface area contributed by atoms with Gasteiger partial charge in [-0.2, -0.15) is 0 Å². The lowest BCUT2D eigenvalue weighted by Gasteiger charge is -2.16. The van der Waals surface area contributed by atoms with Crippen molar-refractivity contribution in [2.75, 3.05) is 19.3 Å². The van der Waals surface area contributed by atoms with E-state index < -0.39 is 11.7 Å². The van der Waals surface area contributed by atoms with Crippen LogP contribution in [0.2, 0.25) is 0 Å². The van der Waals surface area contributed by atoms with Crippen LogP contribution >= 0.6 is 0 Å². The fourth-order valence-corrected chi connectivity index (χ4v) is 2.90. The van der Waals surface area contributed by atoms with E-state index in [2.05, 4.69) is 9.97 Å². The number of hydrogen-bond donors (Lipinski definition) is 1. The van der Waals surface area contributed by atoms with Gasteiger partial charge in [0.25, 0.3) is 0 Å². The highest BCUT2D eigenvalue weighted by Gasteiger charge is 2.24. The number of rotatable bonds is 4. The van der Waals surface area contributed by atoms with E-state index in [0.29, 0.717) is 18.7 Å². The van der Waals surface area contributed by atoms with Crippen molar-refractivity contribution in [3.05, 3.63) is 52.2 Å². The average molecular weight is 354 g/mol. The Morgan fingerprint density at radius 2 is 1.92 bits per heavy atom. The molecule has 0 unspecified atom stereocenters. The van der Waals surface area contributed by atoms with Crippen molar-refractivity contribution >= 4 is 23.0 Å². The summed E-state index contributed by atoms with van der Waals surface area (Å²) in [7, 11) is 1.65. The van der Waals surface area contributed by atoms with Crippen molar-refractivity contribution in [1.82, 2.24) is 24.0 Å². The van der Waals surface area contributed by atoms with Crippen LogP contribution in [0.4, 0.5) is 10.6 Å². The monoisotopic (exact) mass is 354 g/mol. The van der Waals surface area contributed by atoms with E-state index >= 15 is 0 Å². The van der Waals surface area contributed by atoms with Crippen molar-refractivity contribution in [1.29, 1.82) is 0 Å². The van der Waals surface area contributed by atoms with E-state index in [1.165, 1.54) is 15.8 Å². The minimum Gasteiger partial charge on any atom is -0.382 e. The summed E-state index contributed by atoms with van der Waals surface area (Å²) in [5.74, 6) is 0.105. The van der Waals surface area contributed by atoms with E-state index in [0.717, 1.165) is 22.1 Å². The Hall–Kier alpha value is -3.16. The van der Waals surface area contributed by atoms with Gasteiger partial charge in [0, 0.05) is 13.6 Å². The molecule has 2 aromatic heterocycles. The van der Waals surface area contributed by atoms with E-state index in [4.69, 9.17) is 5.73 Å². The zero-order valence-corrected chi connectivity index (χ0v) is 15.1. The number of imidazole rings is 1. The molecule has 0 spiro atoms. The van der Waals surface area contributed by atoms with Crippen LogP contribution in [0.1, 0.15) is 24.5 Å².